The molecule has 6 heteroatoms. The van der Waals surface area contributed by atoms with Crippen molar-refractivity contribution in [3.8, 4) is 17.2 Å². The van der Waals surface area contributed by atoms with Crippen LogP contribution in [-0.4, -0.2) is 33.2 Å². The Kier molecular flexibility index (Phi) is 5.84. The zero-order valence-corrected chi connectivity index (χ0v) is 13.6. The number of fused-ring (bicyclic) bond motifs is 1. The fourth-order valence-electron chi connectivity index (χ4n) is 2.65. The topological polar surface area (TPSA) is 104 Å². The third-order valence-electron chi connectivity index (χ3n) is 3.99. The lowest BCUT2D eigenvalue weighted by molar-refractivity contribution is -0.119. The molecule has 1 aromatic carbocycles. The quantitative estimate of drug-likeness (QED) is 0.497. The molecule has 6 nitrogen and oxygen atoms in total. The summed E-state index contributed by atoms with van der Waals surface area (Å²) in [4.78, 5) is 24.1. The predicted molar refractivity (Wildman–Crippen MR) is 88.1 cm³/mol. The maximum absolute atomic E-state index is 12.4. The second-order valence-electron chi connectivity index (χ2n) is 6.00. The normalized spacial score (nSPS) is 21.5. The minimum Gasteiger partial charge on any atom is -0.504 e. The Balaban J connectivity index is 2.38. The average Bonchev–Trinajstić information content (AvgIpc) is 2.51. The highest BCUT2D eigenvalue weighted by molar-refractivity contribution is 5.98. The number of hydrogen-bond acceptors (Lipinski definition) is 6. The van der Waals surface area contributed by atoms with Crippen molar-refractivity contribution >= 4 is 17.8 Å². The van der Waals surface area contributed by atoms with Gasteiger partial charge in [-0.3, -0.25) is 4.79 Å². The van der Waals surface area contributed by atoms with E-state index in [9.17, 15) is 24.9 Å². The van der Waals surface area contributed by atoms with E-state index in [2.05, 4.69) is 0 Å². The molecule has 0 bridgehead atoms. The fraction of sp³-hybridized carbons (Fsp3) is 0.444. The van der Waals surface area contributed by atoms with Gasteiger partial charge >= 0.3 is 5.97 Å². The van der Waals surface area contributed by atoms with Crippen molar-refractivity contribution in [1.82, 2.24) is 0 Å². The molecule has 1 aromatic rings. The fourth-order valence-corrected chi connectivity index (χ4v) is 2.65. The first-order chi connectivity index (χ1) is 11.4. The van der Waals surface area contributed by atoms with Crippen molar-refractivity contribution in [2.24, 2.45) is 0 Å². The summed E-state index contributed by atoms with van der Waals surface area (Å²) in [5.41, 5.74) is 0.0740. The van der Waals surface area contributed by atoms with Gasteiger partial charge in [-0.2, -0.15) is 0 Å². The summed E-state index contributed by atoms with van der Waals surface area (Å²) in [6.07, 6.45) is 6.33. The minimum absolute atomic E-state index is 0.179. The summed E-state index contributed by atoms with van der Waals surface area (Å²) < 4.78 is 5.30. The summed E-state index contributed by atoms with van der Waals surface area (Å²) in [6, 6.07) is 1.20. The lowest BCUT2D eigenvalue weighted by atomic mass is 10.0. The van der Waals surface area contributed by atoms with E-state index in [0.717, 1.165) is 0 Å². The number of esters is 1. The van der Waals surface area contributed by atoms with Crippen LogP contribution in [0.25, 0.3) is 6.08 Å². The minimum atomic E-state index is -0.779. The number of Topliss-reactive ketones (excluding diaryl/α,β-unsaturated/α-hetero) is 1. The Morgan fingerprint density at radius 1 is 1.08 bits per heavy atom. The third-order valence-corrected chi connectivity index (χ3v) is 3.99. The number of phenols is 3. The molecule has 0 amide bonds. The largest absolute Gasteiger partial charge is 0.504 e. The van der Waals surface area contributed by atoms with E-state index < -0.39 is 29.3 Å². The van der Waals surface area contributed by atoms with Crippen LogP contribution in [0.3, 0.4) is 0 Å². The van der Waals surface area contributed by atoms with Crippen molar-refractivity contribution < 1.29 is 29.6 Å². The highest BCUT2D eigenvalue weighted by Crippen LogP contribution is 2.40. The number of hydrogen-bond donors (Lipinski definition) is 3. The molecule has 24 heavy (non-hydrogen) atoms. The van der Waals surface area contributed by atoms with Crippen LogP contribution in [0.4, 0.5) is 0 Å². The SMILES string of the molecule is C[C@H]1CCCC(=O)CCC/C=C\c2cc(O)c(O)c(O)c2C(=O)O1. The number of allylic oxidation sites excluding steroid dienone is 1. The number of ether oxygens (including phenoxy) is 1. The Hall–Kier alpha value is -2.50. The van der Waals surface area contributed by atoms with E-state index >= 15 is 0 Å². The standard InChI is InChI=1S/C18H22O6/c1-11-6-5-9-13(19)8-4-2-3-7-12-10-14(20)16(21)17(22)15(12)18(23)24-11/h3,7,10-11,20-22H,2,4-6,8-9H2,1H3/b7-3-/t11-/m0/s1. The number of ketones is 1. The summed E-state index contributed by atoms with van der Waals surface area (Å²) >= 11 is 0. The van der Waals surface area contributed by atoms with Crippen LogP contribution in [-0.2, 0) is 9.53 Å². The van der Waals surface area contributed by atoms with Crippen LogP contribution < -0.4 is 0 Å². The van der Waals surface area contributed by atoms with Gasteiger partial charge in [0.2, 0.25) is 5.75 Å². The van der Waals surface area contributed by atoms with E-state index in [1.54, 1.807) is 19.1 Å². The molecule has 2 rings (SSSR count). The van der Waals surface area contributed by atoms with Gasteiger partial charge in [0.05, 0.1) is 6.10 Å². The van der Waals surface area contributed by atoms with E-state index in [1.165, 1.54) is 6.07 Å². The van der Waals surface area contributed by atoms with Crippen LogP contribution in [0.5, 0.6) is 17.2 Å². The molecule has 0 unspecified atom stereocenters. The summed E-state index contributed by atoms with van der Waals surface area (Å²) in [6.45, 7) is 1.71. The van der Waals surface area contributed by atoms with Gasteiger partial charge in [-0.15, -0.1) is 0 Å². The third kappa shape index (κ3) is 4.28. The van der Waals surface area contributed by atoms with E-state index in [1.807, 2.05) is 0 Å². The van der Waals surface area contributed by atoms with Crippen LogP contribution in [0, 0.1) is 0 Å². The molecule has 0 radical (unpaired) electrons. The number of rotatable bonds is 0. The van der Waals surface area contributed by atoms with Crippen LogP contribution in [0.1, 0.15) is 61.4 Å². The van der Waals surface area contributed by atoms with E-state index in [4.69, 9.17) is 4.74 Å². The number of carbonyl (C=O) groups is 2. The smallest absolute Gasteiger partial charge is 0.342 e. The van der Waals surface area contributed by atoms with Crippen molar-refractivity contribution in [2.75, 3.05) is 0 Å². The molecule has 3 N–H and O–H groups in total. The second-order valence-corrected chi connectivity index (χ2v) is 6.00. The van der Waals surface area contributed by atoms with E-state index in [-0.39, 0.29) is 16.9 Å². The number of cyclic esters (lactones) is 1. The highest BCUT2D eigenvalue weighted by Gasteiger charge is 2.24. The van der Waals surface area contributed by atoms with Crippen molar-refractivity contribution in [3.63, 3.8) is 0 Å². The van der Waals surface area contributed by atoms with Crippen LogP contribution in [0.15, 0.2) is 12.1 Å². The van der Waals surface area contributed by atoms with Gasteiger partial charge < -0.3 is 20.1 Å². The van der Waals surface area contributed by atoms with Gasteiger partial charge in [-0.1, -0.05) is 12.2 Å². The number of benzene rings is 1. The van der Waals surface area contributed by atoms with E-state index in [0.29, 0.717) is 38.5 Å². The van der Waals surface area contributed by atoms with Gasteiger partial charge in [0, 0.05) is 12.8 Å². The first-order valence-electron chi connectivity index (χ1n) is 8.07. The number of aromatic hydroxyl groups is 3. The zero-order valence-electron chi connectivity index (χ0n) is 13.6. The average molecular weight is 334 g/mol. The van der Waals surface area contributed by atoms with Crippen LogP contribution >= 0.6 is 0 Å². The molecule has 0 fully saturated rings. The highest BCUT2D eigenvalue weighted by atomic mass is 16.5. The summed E-state index contributed by atoms with van der Waals surface area (Å²) in [7, 11) is 0. The first kappa shape index (κ1) is 17.8. The lowest BCUT2D eigenvalue weighted by Crippen LogP contribution is -2.16. The monoisotopic (exact) mass is 334 g/mol. The molecule has 0 aromatic heterocycles. The van der Waals surface area contributed by atoms with Gasteiger partial charge in [0.25, 0.3) is 0 Å². The van der Waals surface area contributed by atoms with Crippen molar-refractivity contribution in [3.05, 3.63) is 23.3 Å². The lowest BCUT2D eigenvalue weighted by Gasteiger charge is -2.16. The summed E-state index contributed by atoms with van der Waals surface area (Å²) in [5, 5.41) is 29.4. The molecule has 0 saturated heterocycles. The Labute approximate surface area is 140 Å². The Bertz CT molecular complexity index is 662. The molecule has 130 valence electrons. The maximum Gasteiger partial charge on any atom is 0.342 e. The predicted octanol–water partition coefficient (Wildman–Crippen LogP) is 3.29. The molecule has 0 aliphatic carbocycles. The Morgan fingerprint density at radius 2 is 1.79 bits per heavy atom. The molecule has 0 spiro atoms. The second kappa shape index (κ2) is 7.86. The molecule has 1 atom stereocenters. The van der Waals surface area contributed by atoms with Gasteiger partial charge in [-0.05, 0) is 44.2 Å². The van der Waals surface area contributed by atoms with Gasteiger partial charge in [0.15, 0.2) is 11.5 Å². The summed E-state index contributed by atoms with van der Waals surface area (Å²) in [5.74, 6) is -2.56. The zero-order chi connectivity index (χ0) is 17.7. The number of carbonyl (C=O) groups excluding carboxylic acids is 2. The van der Waals surface area contributed by atoms with Gasteiger partial charge in [0.1, 0.15) is 11.3 Å². The Morgan fingerprint density at radius 3 is 2.54 bits per heavy atom. The van der Waals surface area contributed by atoms with Crippen LogP contribution in [0.2, 0.25) is 0 Å². The first-order valence-corrected chi connectivity index (χ1v) is 8.07. The molecular weight excluding hydrogens is 312 g/mol. The maximum atomic E-state index is 12.4. The van der Waals surface area contributed by atoms with Crippen molar-refractivity contribution in [2.45, 2.75) is 51.6 Å². The molecule has 1 heterocycles. The molecule has 0 saturated carbocycles. The van der Waals surface area contributed by atoms with Crippen molar-refractivity contribution in [1.29, 1.82) is 0 Å². The molecule has 1 aliphatic rings. The number of phenolic OH excluding ortho intramolecular Hbond substituents is 3. The molecular formula is C18H22O6. The molecule has 1 aliphatic heterocycles. The van der Waals surface area contributed by atoms with Gasteiger partial charge in [-0.25, -0.2) is 4.79 Å².